The van der Waals surface area contributed by atoms with Gasteiger partial charge in [-0.05, 0) is 69.5 Å². The molecule has 1 aliphatic carbocycles. The molecule has 1 aromatic heterocycles. The summed E-state index contributed by atoms with van der Waals surface area (Å²) in [7, 11) is 0. The first-order valence-electron chi connectivity index (χ1n) is 18.6. The van der Waals surface area contributed by atoms with Crippen LogP contribution < -0.4 is 5.32 Å². The first-order chi connectivity index (χ1) is 25.6. The fourth-order valence-corrected chi connectivity index (χ4v) is 7.68. The second-order valence-corrected chi connectivity index (χ2v) is 13.7. The SMILES string of the molecule is CCCCC1=NC2(CCCC2)C(=O)N1.CCc1ccc(-c2ccccc2-c2nnnn2C(c2ccccc2)(c2ccccc2)c2ccccc2)cc1. The highest BCUT2D eigenvalue weighted by atomic mass is 16.2. The van der Waals surface area contributed by atoms with Gasteiger partial charge in [-0.3, -0.25) is 9.79 Å². The molecule has 1 fully saturated rings. The summed E-state index contributed by atoms with van der Waals surface area (Å²) in [6.45, 7) is 4.33. The van der Waals surface area contributed by atoms with E-state index in [0.29, 0.717) is 5.82 Å². The van der Waals surface area contributed by atoms with Gasteiger partial charge in [0.2, 0.25) is 0 Å². The van der Waals surface area contributed by atoms with Crippen LogP contribution in [0.5, 0.6) is 0 Å². The highest BCUT2D eigenvalue weighted by Gasteiger charge is 2.45. The van der Waals surface area contributed by atoms with Crippen LogP contribution in [0.3, 0.4) is 0 Å². The molecule has 2 aliphatic rings. The van der Waals surface area contributed by atoms with E-state index in [1.165, 1.54) is 5.56 Å². The Labute approximate surface area is 306 Å². The van der Waals surface area contributed by atoms with Crippen LogP contribution in [-0.4, -0.2) is 37.5 Å². The van der Waals surface area contributed by atoms with Crippen LogP contribution in [0.2, 0.25) is 0 Å². The number of unbranched alkanes of at least 4 members (excludes halogenated alkanes) is 1. The van der Waals surface area contributed by atoms with Crippen LogP contribution in [0, 0.1) is 0 Å². The fraction of sp³-hybridized carbons (Fsp3) is 0.267. The van der Waals surface area contributed by atoms with E-state index in [9.17, 15) is 4.79 Å². The standard InChI is InChI=1S/C34H28N4.C11H18N2O/c1-2-26-22-24-27(25-23-26)31-20-12-13-21-32(31)33-35-36-37-38(33)34(28-14-6-3-7-15-28,29-16-8-4-9-17-29)30-18-10-5-11-19-30;1-2-3-6-9-12-10(14)11(13-9)7-4-5-8-11/h3-25H,2H2,1H3;2-8H2,1H3,(H,12,13,14). The van der Waals surface area contributed by atoms with E-state index in [0.717, 1.165) is 90.6 Å². The fourth-order valence-electron chi connectivity index (χ4n) is 7.68. The first kappa shape index (κ1) is 34.7. The van der Waals surface area contributed by atoms with Crippen molar-refractivity contribution in [1.82, 2.24) is 25.5 Å². The van der Waals surface area contributed by atoms with E-state index in [1.807, 2.05) is 28.9 Å². The van der Waals surface area contributed by atoms with Crippen molar-refractivity contribution in [2.24, 2.45) is 4.99 Å². The number of amides is 1. The summed E-state index contributed by atoms with van der Waals surface area (Å²) in [6.07, 6.45) is 8.42. The molecule has 262 valence electrons. The normalized spacial score (nSPS) is 14.8. The molecule has 6 aromatic rings. The Balaban J connectivity index is 0.000000251. The van der Waals surface area contributed by atoms with Gasteiger partial charge in [0, 0.05) is 12.0 Å². The van der Waals surface area contributed by atoms with Crippen LogP contribution >= 0.6 is 0 Å². The highest BCUT2D eigenvalue weighted by molar-refractivity contribution is 6.08. The number of tetrazole rings is 1. The Morgan fingerprint density at radius 3 is 1.77 bits per heavy atom. The Morgan fingerprint density at radius 1 is 0.692 bits per heavy atom. The number of hydrogen-bond acceptors (Lipinski definition) is 5. The van der Waals surface area contributed by atoms with E-state index in [4.69, 9.17) is 5.21 Å². The zero-order chi connectivity index (χ0) is 35.8. The van der Waals surface area contributed by atoms with Crippen LogP contribution in [0.25, 0.3) is 22.5 Å². The van der Waals surface area contributed by atoms with E-state index >= 15 is 0 Å². The Morgan fingerprint density at radius 2 is 1.23 bits per heavy atom. The van der Waals surface area contributed by atoms with Gasteiger partial charge in [-0.25, -0.2) is 4.68 Å². The van der Waals surface area contributed by atoms with E-state index in [-0.39, 0.29) is 11.4 Å². The lowest BCUT2D eigenvalue weighted by Gasteiger charge is -2.36. The largest absolute Gasteiger partial charge is 0.312 e. The van der Waals surface area contributed by atoms with Crippen molar-refractivity contribution in [3.8, 4) is 22.5 Å². The Kier molecular flexibility index (Phi) is 10.5. The second-order valence-electron chi connectivity index (χ2n) is 13.7. The van der Waals surface area contributed by atoms with E-state index < -0.39 is 5.54 Å². The predicted molar refractivity (Wildman–Crippen MR) is 209 cm³/mol. The third kappa shape index (κ3) is 6.71. The zero-order valence-corrected chi connectivity index (χ0v) is 30.1. The molecule has 8 rings (SSSR count). The van der Waals surface area contributed by atoms with Gasteiger partial charge in [0.1, 0.15) is 16.9 Å². The summed E-state index contributed by atoms with van der Waals surface area (Å²) in [4.78, 5) is 16.3. The van der Waals surface area contributed by atoms with Crippen LogP contribution in [-0.2, 0) is 16.8 Å². The molecule has 0 bridgehead atoms. The molecule has 0 atom stereocenters. The number of nitrogens with one attached hydrogen (secondary N) is 1. The number of benzene rings is 5. The Bertz CT molecular complexity index is 2000. The molecule has 2 heterocycles. The van der Waals surface area contributed by atoms with E-state index in [1.54, 1.807) is 0 Å². The Hall–Kier alpha value is -5.69. The molecule has 0 unspecified atom stereocenters. The van der Waals surface area contributed by atoms with Gasteiger partial charge in [0.15, 0.2) is 5.82 Å². The number of hydrogen-bond donors (Lipinski definition) is 1. The number of aromatic nitrogens is 4. The zero-order valence-electron chi connectivity index (χ0n) is 30.1. The van der Waals surface area contributed by atoms with Gasteiger partial charge in [-0.2, -0.15) is 0 Å². The highest BCUT2D eigenvalue weighted by Crippen LogP contribution is 2.43. The van der Waals surface area contributed by atoms with Crippen LogP contribution in [0.15, 0.2) is 145 Å². The predicted octanol–water partition coefficient (Wildman–Crippen LogP) is 9.43. The number of carbonyl (C=O) groups excluding carboxylic acids is 1. The molecule has 52 heavy (non-hydrogen) atoms. The number of carbonyl (C=O) groups is 1. The third-order valence-electron chi connectivity index (χ3n) is 10.4. The molecular weight excluding hydrogens is 641 g/mol. The summed E-state index contributed by atoms with van der Waals surface area (Å²) in [5, 5.41) is 16.6. The van der Waals surface area contributed by atoms with Crippen molar-refractivity contribution in [2.45, 2.75) is 76.3 Å². The number of rotatable bonds is 10. The second kappa shape index (κ2) is 15.7. The minimum absolute atomic E-state index is 0.154. The van der Waals surface area contributed by atoms with Crippen LogP contribution in [0.1, 0.15) is 81.0 Å². The lowest BCUT2D eigenvalue weighted by molar-refractivity contribution is -0.123. The first-order valence-corrected chi connectivity index (χ1v) is 18.6. The monoisotopic (exact) mass is 686 g/mol. The van der Waals surface area contributed by atoms with Crippen molar-refractivity contribution in [3.05, 3.63) is 162 Å². The summed E-state index contributed by atoms with van der Waals surface area (Å²) in [6, 6.07) is 48.6. The average Bonchev–Trinajstić information content (AvgIpc) is 3.97. The number of aliphatic imine (C=N–C) groups is 1. The maximum Gasteiger partial charge on any atom is 0.253 e. The van der Waals surface area contributed by atoms with Gasteiger partial charge in [-0.1, -0.05) is 173 Å². The topological polar surface area (TPSA) is 85.1 Å². The quantitative estimate of drug-likeness (QED) is 0.146. The van der Waals surface area contributed by atoms with Crippen LogP contribution in [0.4, 0.5) is 0 Å². The maximum atomic E-state index is 11.7. The molecule has 7 nitrogen and oxygen atoms in total. The minimum Gasteiger partial charge on any atom is -0.312 e. The smallest absolute Gasteiger partial charge is 0.253 e. The number of aryl methyl sites for hydroxylation is 1. The number of amidine groups is 1. The van der Waals surface area contributed by atoms with E-state index in [2.05, 4.69) is 150 Å². The summed E-state index contributed by atoms with van der Waals surface area (Å²) < 4.78 is 1.99. The molecule has 1 N–H and O–H groups in total. The van der Waals surface area contributed by atoms with Gasteiger partial charge >= 0.3 is 0 Å². The molecule has 7 heteroatoms. The van der Waals surface area contributed by atoms with Gasteiger partial charge < -0.3 is 5.32 Å². The van der Waals surface area contributed by atoms with Gasteiger partial charge in [0.25, 0.3) is 5.91 Å². The molecule has 1 amide bonds. The third-order valence-corrected chi connectivity index (χ3v) is 10.4. The molecule has 1 spiro atoms. The maximum absolute atomic E-state index is 11.7. The van der Waals surface area contributed by atoms with Gasteiger partial charge in [0.05, 0.1) is 0 Å². The molecule has 1 aliphatic heterocycles. The molecule has 0 saturated heterocycles. The van der Waals surface area contributed by atoms with Crippen molar-refractivity contribution in [2.75, 3.05) is 0 Å². The van der Waals surface area contributed by atoms with Crippen molar-refractivity contribution in [1.29, 1.82) is 0 Å². The summed E-state index contributed by atoms with van der Waals surface area (Å²) in [5.74, 6) is 1.79. The summed E-state index contributed by atoms with van der Waals surface area (Å²) in [5.41, 5.74) is 6.63. The van der Waals surface area contributed by atoms with Crippen molar-refractivity contribution >= 4 is 11.7 Å². The molecule has 0 radical (unpaired) electrons. The number of nitrogens with zero attached hydrogens (tertiary/aromatic N) is 5. The lowest BCUT2D eigenvalue weighted by Crippen LogP contribution is -2.39. The molecule has 1 saturated carbocycles. The average molecular weight is 687 g/mol. The molecular formula is C45H46N6O. The van der Waals surface area contributed by atoms with Crippen molar-refractivity contribution in [3.63, 3.8) is 0 Å². The lowest BCUT2D eigenvalue weighted by atomic mass is 9.77. The van der Waals surface area contributed by atoms with Crippen molar-refractivity contribution < 1.29 is 4.79 Å². The van der Waals surface area contributed by atoms with Gasteiger partial charge in [-0.15, -0.1) is 5.10 Å². The summed E-state index contributed by atoms with van der Waals surface area (Å²) >= 11 is 0. The molecule has 5 aromatic carbocycles. The minimum atomic E-state index is -0.790.